The van der Waals surface area contributed by atoms with Crippen LogP contribution in [0.3, 0.4) is 0 Å². The van der Waals surface area contributed by atoms with E-state index in [0.29, 0.717) is 12.5 Å². The summed E-state index contributed by atoms with van der Waals surface area (Å²) < 4.78 is 5.50. The predicted molar refractivity (Wildman–Crippen MR) is 89.0 cm³/mol. The van der Waals surface area contributed by atoms with E-state index < -0.39 is 0 Å². The largest absolute Gasteiger partial charge is 0.494 e. The first kappa shape index (κ1) is 15.6. The van der Waals surface area contributed by atoms with Crippen molar-refractivity contribution >= 4 is 0 Å². The van der Waals surface area contributed by atoms with E-state index in [1.807, 2.05) is 26.1 Å². The zero-order valence-electron chi connectivity index (χ0n) is 13.4. The highest BCUT2D eigenvalue weighted by atomic mass is 16.5. The molecule has 2 nitrogen and oxygen atoms in total. The molecule has 0 saturated heterocycles. The molecular formula is C19H25NO. The number of hydrogen-bond donors (Lipinski definition) is 1. The summed E-state index contributed by atoms with van der Waals surface area (Å²) in [5.74, 6) is 1.49. The normalized spacial score (nSPS) is 12.4. The second-order valence-corrected chi connectivity index (χ2v) is 5.55. The van der Waals surface area contributed by atoms with Gasteiger partial charge in [-0.05, 0) is 48.7 Å². The first-order chi connectivity index (χ1) is 10.2. The van der Waals surface area contributed by atoms with Crippen LogP contribution in [0.2, 0.25) is 0 Å². The van der Waals surface area contributed by atoms with Crippen LogP contribution in [-0.2, 0) is 0 Å². The quantitative estimate of drug-likeness (QED) is 0.841. The van der Waals surface area contributed by atoms with Gasteiger partial charge in [-0.2, -0.15) is 0 Å². The van der Waals surface area contributed by atoms with Crippen LogP contribution in [0.5, 0.6) is 5.75 Å². The highest BCUT2D eigenvalue weighted by Gasteiger charge is 2.12. The summed E-state index contributed by atoms with van der Waals surface area (Å²) in [6.07, 6.45) is 0. The van der Waals surface area contributed by atoms with Gasteiger partial charge in [0.15, 0.2) is 0 Å². The maximum absolute atomic E-state index is 5.50. The summed E-state index contributed by atoms with van der Waals surface area (Å²) >= 11 is 0. The molecule has 0 aliphatic heterocycles. The summed E-state index contributed by atoms with van der Waals surface area (Å²) in [6, 6.07) is 17.4. The van der Waals surface area contributed by atoms with Gasteiger partial charge in [-0.15, -0.1) is 0 Å². The van der Waals surface area contributed by atoms with Crippen molar-refractivity contribution in [3.05, 3.63) is 65.2 Å². The summed E-state index contributed by atoms with van der Waals surface area (Å²) in [6.45, 7) is 7.14. The van der Waals surface area contributed by atoms with Crippen LogP contribution in [0.15, 0.2) is 48.5 Å². The lowest BCUT2D eigenvalue weighted by Crippen LogP contribution is -2.17. The van der Waals surface area contributed by atoms with Gasteiger partial charge in [-0.1, -0.05) is 50.2 Å². The first-order valence-electron chi connectivity index (χ1n) is 7.65. The van der Waals surface area contributed by atoms with Gasteiger partial charge in [0.25, 0.3) is 0 Å². The summed E-state index contributed by atoms with van der Waals surface area (Å²) in [4.78, 5) is 0. The van der Waals surface area contributed by atoms with Crippen molar-refractivity contribution in [2.45, 2.75) is 32.7 Å². The van der Waals surface area contributed by atoms with Gasteiger partial charge in [-0.25, -0.2) is 0 Å². The minimum Gasteiger partial charge on any atom is -0.494 e. The molecule has 2 aromatic rings. The number of nitrogens with one attached hydrogen (secondary N) is 1. The van der Waals surface area contributed by atoms with Gasteiger partial charge < -0.3 is 10.1 Å². The first-order valence-corrected chi connectivity index (χ1v) is 7.65. The molecular weight excluding hydrogens is 258 g/mol. The Labute approximate surface area is 128 Å². The molecule has 0 bridgehead atoms. The molecule has 1 N–H and O–H groups in total. The Kier molecular flexibility index (Phi) is 5.40. The Morgan fingerprint density at radius 3 is 1.76 bits per heavy atom. The average Bonchev–Trinajstić information content (AvgIpc) is 2.50. The Morgan fingerprint density at radius 1 is 0.857 bits per heavy atom. The molecule has 0 aliphatic carbocycles. The second kappa shape index (κ2) is 7.28. The van der Waals surface area contributed by atoms with E-state index in [9.17, 15) is 0 Å². The smallest absolute Gasteiger partial charge is 0.119 e. The zero-order chi connectivity index (χ0) is 15.2. The van der Waals surface area contributed by atoms with E-state index in [1.54, 1.807) is 0 Å². The molecule has 0 fully saturated rings. The molecule has 2 aromatic carbocycles. The molecule has 0 aliphatic rings. The standard InChI is InChI=1S/C19H25NO/c1-5-21-18-12-10-17(11-13-18)19(20-4)16-8-6-15(7-9-16)14(2)3/h6-14,19-20H,5H2,1-4H3. The van der Waals surface area contributed by atoms with Crippen molar-refractivity contribution in [3.63, 3.8) is 0 Å². The van der Waals surface area contributed by atoms with Crippen LogP contribution in [0.25, 0.3) is 0 Å². The Morgan fingerprint density at radius 2 is 1.33 bits per heavy atom. The SMILES string of the molecule is CCOc1ccc(C(NC)c2ccc(C(C)C)cc2)cc1. The van der Waals surface area contributed by atoms with Crippen LogP contribution in [0.1, 0.15) is 49.4 Å². The van der Waals surface area contributed by atoms with Crippen molar-refractivity contribution in [2.24, 2.45) is 0 Å². The molecule has 2 rings (SSSR count). The summed E-state index contributed by atoms with van der Waals surface area (Å²) in [5, 5.41) is 3.39. The van der Waals surface area contributed by atoms with Crippen LogP contribution in [0.4, 0.5) is 0 Å². The lowest BCUT2D eigenvalue weighted by atomic mass is 9.95. The van der Waals surface area contributed by atoms with Crippen LogP contribution >= 0.6 is 0 Å². The van der Waals surface area contributed by atoms with Crippen LogP contribution < -0.4 is 10.1 Å². The van der Waals surface area contributed by atoms with Gasteiger partial charge in [0.2, 0.25) is 0 Å². The minimum absolute atomic E-state index is 0.210. The average molecular weight is 283 g/mol. The maximum atomic E-state index is 5.50. The van der Waals surface area contributed by atoms with Crippen molar-refractivity contribution in [3.8, 4) is 5.75 Å². The van der Waals surface area contributed by atoms with Crippen LogP contribution in [-0.4, -0.2) is 13.7 Å². The van der Waals surface area contributed by atoms with Crippen LogP contribution in [0, 0.1) is 0 Å². The van der Waals surface area contributed by atoms with Gasteiger partial charge in [0, 0.05) is 0 Å². The van der Waals surface area contributed by atoms with Crippen molar-refractivity contribution < 1.29 is 4.74 Å². The number of benzene rings is 2. The lowest BCUT2D eigenvalue weighted by Gasteiger charge is -2.18. The zero-order valence-corrected chi connectivity index (χ0v) is 13.4. The molecule has 0 aromatic heterocycles. The second-order valence-electron chi connectivity index (χ2n) is 5.55. The molecule has 0 saturated carbocycles. The summed E-state index contributed by atoms with van der Waals surface area (Å²) in [7, 11) is 2.00. The molecule has 112 valence electrons. The fourth-order valence-corrected chi connectivity index (χ4v) is 2.52. The van der Waals surface area contributed by atoms with E-state index in [0.717, 1.165) is 5.75 Å². The predicted octanol–water partition coefficient (Wildman–Crippen LogP) is 4.52. The molecule has 1 atom stereocenters. The van der Waals surface area contributed by atoms with E-state index in [4.69, 9.17) is 4.74 Å². The van der Waals surface area contributed by atoms with Gasteiger partial charge in [0.05, 0.1) is 12.6 Å². The Balaban J connectivity index is 2.22. The fraction of sp³-hybridized carbons (Fsp3) is 0.368. The molecule has 0 radical (unpaired) electrons. The fourth-order valence-electron chi connectivity index (χ4n) is 2.52. The number of ether oxygens (including phenoxy) is 1. The molecule has 0 spiro atoms. The van der Waals surface area contributed by atoms with Gasteiger partial charge >= 0.3 is 0 Å². The summed E-state index contributed by atoms with van der Waals surface area (Å²) in [5.41, 5.74) is 3.91. The Hall–Kier alpha value is -1.80. The van der Waals surface area contributed by atoms with Crippen molar-refractivity contribution in [1.29, 1.82) is 0 Å². The monoisotopic (exact) mass is 283 g/mol. The molecule has 1 unspecified atom stereocenters. The van der Waals surface area contributed by atoms with E-state index >= 15 is 0 Å². The minimum atomic E-state index is 0.210. The number of hydrogen-bond acceptors (Lipinski definition) is 2. The highest BCUT2D eigenvalue weighted by molar-refractivity contribution is 5.37. The van der Waals surface area contributed by atoms with E-state index in [2.05, 4.69) is 55.6 Å². The van der Waals surface area contributed by atoms with E-state index in [1.165, 1.54) is 16.7 Å². The molecule has 2 heteroatoms. The van der Waals surface area contributed by atoms with Crippen molar-refractivity contribution in [1.82, 2.24) is 5.32 Å². The number of rotatable bonds is 6. The highest BCUT2D eigenvalue weighted by Crippen LogP contribution is 2.25. The van der Waals surface area contributed by atoms with Gasteiger partial charge in [0.1, 0.15) is 5.75 Å². The molecule has 0 heterocycles. The molecule has 0 amide bonds. The maximum Gasteiger partial charge on any atom is 0.119 e. The third-order valence-electron chi connectivity index (χ3n) is 3.75. The van der Waals surface area contributed by atoms with Crippen molar-refractivity contribution in [2.75, 3.05) is 13.7 Å². The van der Waals surface area contributed by atoms with Gasteiger partial charge in [-0.3, -0.25) is 0 Å². The lowest BCUT2D eigenvalue weighted by molar-refractivity contribution is 0.340. The van der Waals surface area contributed by atoms with E-state index in [-0.39, 0.29) is 6.04 Å². The molecule has 21 heavy (non-hydrogen) atoms. The Bertz CT molecular complexity index is 543. The third-order valence-corrected chi connectivity index (χ3v) is 3.75. The third kappa shape index (κ3) is 3.85. The topological polar surface area (TPSA) is 21.3 Å².